The largest absolute Gasteiger partial charge is 0.478 e. The summed E-state index contributed by atoms with van der Waals surface area (Å²) in [4.78, 5) is 17.7. The Morgan fingerprint density at radius 1 is 1.55 bits per heavy atom. The van der Waals surface area contributed by atoms with Crippen LogP contribution >= 0.6 is 0 Å². The van der Waals surface area contributed by atoms with Crippen LogP contribution < -0.4 is 10.1 Å². The van der Waals surface area contributed by atoms with Crippen molar-refractivity contribution in [1.29, 1.82) is 0 Å². The molecule has 1 aliphatic rings. The van der Waals surface area contributed by atoms with Gasteiger partial charge in [-0.05, 0) is 19.4 Å². The summed E-state index contributed by atoms with van der Waals surface area (Å²) in [5, 5.41) is 2.77. The van der Waals surface area contributed by atoms with Crippen molar-refractivity contribution in [3.05, 3.63) is 23.9 Å². The van der Waals surface area contributed by atoms with Gasteiger partial charge in [0.25, 0.3) is 0 Å². The first-order valence-electron chi connectivity index (χ1n) is 7.20. The Balaban J connectivity index is 1.93. The van der Waals surface area contributed by atoms with Gasteiger partial charge in [0, 0.05) is 31.4 Å². The maximum Gasteiger partial charge on any atom is 0.317 e. The zero-order valence-corrected chi connectivity index (χ0v) is 13.6. The van der Waals surface area contributed by atoms with Gasteiger partial charge < -0.3 is 15.0 Å². The van der Waals surface area contributed by atoms with E-state index < -0.39 is 9.84 Å². The van der Waals surface area contributed by atoms with Gasteiger partial charge in [0.1, 0.15) is 0 Å². The molecule has 0 aliphatic carbocycles. The molecule has 1 saturated heterocycles. The first kappa shape index (κ1) is 16.5. The fourth-order valence-electron chi connectivity index (χ4n) is 2.37. The second-order valence-electron chi connectivity index (χ2n) is 5.23. The van der Waals surface area contributed by atoms with E-state index in [0.717, 1.165) is 5.56 Å². The minimum Gasteiger partial charge on any atom is -0.478 e. The smallest absolute Gasteiger partial charge is 0.317 e. The predicted molar refractivity (Wildman–Crippen MR) is 82.5 cm³/mol. The second kappa shape index (κ2) is 6.95. The summed E-state index contributed by atoms with van der Waals surface area (Å²) >= 11 is 0. The van der Waals surface area contributed by atoms with E-state index in [0.29, 0.717) is 18.9 Å². The SMILES string of the molecule is CCOc1ncccc1CNC(=O)N(C)[C@H]1CCS(=O)(=O)C1. The molecule has 1 atom stereocenters. The number of ether oxygens (including phenoxy) is 1. The molecule has 0 unspecified atom stereocenters. The first-order valence-corrected chi connectivity index (χ1v) is 9.03. The molecule has 1 aromatic rings. The molecule has 0 radical (unpaired) electrons. The van der Waals surface area contributed by atoms with Crippen LogP contribution in [0.1, 0.15) is 18.9 Å². The average molecular weight is 327 g/mol. The van der Waals surface area contributed by atoms with Gasteiger partial charge in [-0.2, -0.15) is 0 Å². The second-order valence-corrected chi connectivity index (χ2v) is 7.46. The molecule has 1 fully saturated rings. The van der Waals surface area contributed by atoms with Crippen molar-refractivity contribution in [1.82, 2.24) is 15.2 Å². The summed E-state index contributed by atoms with van der Waals surface area (Å²) in [6, 6.07) is 3.05. The predicted octanol–water partition coefficient (Wildman–Crippen LogP) is 0.809. The summed E-state index contributed by atoms with van der Waals surface area (Å²) in [5.41, 5.74) is 0.783. The molecule has 2 rings (SSSR count). The molecule has 0 bridgehead atoms. The first-order chi connectivity index (χ1) is 10.4. The van der Waals surface area contributed by atoms with Crippen LogP contribution in [0.15, 0.2) is 18.3 Å². The number of hydrogen-bond acceptors (Lipinski definition) is 5. The Bertz CT molecular complexity index is 633. The van der Waals surface area contributed by atoms with Gasteiger partial charge in [-0.3, -0.25) is 0 Å². The Hall–Kier alpha value is -1.83. The number of amides is 2. The van der Waals surface area contributed by atoms with Gasteiger partial charge >= 0.3 is 6.03 Å². The fourth-order valence-corrected chi connectivity index (χ4v) is 4.14. The van der Waals surface area contributed by atoms with Crippen molar-refractivity contribution in [3.8, 4) is 5.88 Å². The molecule has 0 aromatic carbocycles. The lowest BCUT2D eigenvalue weighted by Gasteiger charge is -2.23. The summed E-state index contributed by atoms with van der Waals surface area (Å²) in [5.74, 6) is 0.678. The summed E-state index contributed by atoms with van der Waals surface area (Å²) < 4.78 is 28.4. The summed E-state index contributed by atoms with van der Waals surface area (Å²) in [7, 11) is -1.39. The molecule has 7 nitrogen and oxygen atoms in total. The van der Waals surface area contributed by atoms with Crippen molar-refractivity contribution in [2.75, 3.05) is 25.2 Å². The highest BCUT2D eigenvalue weighted by Gasteiger charge is 2.32. The Labute approximate surface area is 130 Å². The number of rotatable bonds is 5. The maximum absolute atomic E-state index is 12.1. The highest BCUT2D eigenvalue weighted by atomic mass is 32.2. The van der Waals surface area contributed by atoms with E-state index in [1.807, 2.05) is 13.0 Å². The van der Waals surface area contributed by atoms with Gasteiger partial charge in [0.05, 0.1) is 18.1 Å². The van der Waals surface area contributed by atoms with Crippen LogP contribution in [-0.2, 0) is 16.4 Å². The zero-order chi connectivity index (χ0) is 16.2. The third-order valence-corrected chi connectivity index (χ3v) is 5.39. The van der Waals surface area contributed by atoms with Gasteiger partial charge in [0.15, 0.2) is 9.84 Å². The highest BCUT2D eigenvalue weighted by molar-refractivity contribution is 7.91. The molecule has 22 heavy (non-hydrogen) atoms. The molecule has 2 amide bonds. The third kappa shape index (κ3) is 4.09. The number of nitrogens with zero attached hydrogens (tertiary/aromatic N) is 2. The molecule has 8 heteroatoms. The van der Waals surface area contributed by atoms with Crippen LogP contribution in [-0.4, -0.2) is 55.5 Å². The molecule has 1 aliphatic heterocycles. The van der Waals surface area contributed by atoms with Crippen LogP contribution in [0.4, 0.5) is 4.79 Å². The molecule has 2 heterocycles. The standard InChI is InChI=1S/C14H21N3O4S/c1-3-21-13-11(5-4-7-15-13)9-16-14(18)17(2)12-6-8-22(19,20)10-12/h4-5,7,12H,3,6,8-10H2,1-2H3,(H,16,18)/t12-/m0/s1. The highest BCUT2D eigenvalue weighted by Crippen LogP contribution is 2.17. The molecule has 0 spiro atoms. The monoisotopic (exact) mass is 327 g/mol. The van der Waals surface area contributed by atoms with Crippen molar-refractivity contribution >= 4 is 15.9 Å². The van der Waals surface area contributed by atoms with E-state index >= 15 is 0 Å². The van der Waals surface area contributed by atoms with Crippen LogP contribution in [0.3, 0.4) is 0 Å². The van der Waals surface area contributed by atoms with Gasteiger partial charge in [0.2, 0.25) is 5.88 Å². The molecular formula is C14H21N3O4S. The number of carbonyl (C=O) groups is 1. The fraction of sp³-hybridized carbons (Fsp3) is 0.571. The van der Waals surface area contributed by atoms with E-state index in [9.17, 15) is 13.2 Å². The summed E-state index contributed by atoms with van der Waals surface area (Å²) in [6.07, 6.45) is 2.12. The number of nitrogens with one attached hydrogen (secondary N) is 1. The van der Waals surface area contributed by atoms with E-state index in [1.165, 1.54) is 4.90 Å². The van der Waals surface area contributed by atoms with Crippen LogP contribution in [0.5, 0.6) is 5.88 Å². The number of hydrogen-bond donors (Lipinski definition) is 1. The van der Waals surface area contributed by atoms with Gasteiger partial charge in [-0.25, -0.2) is 18.2 Å². The normalized spacial score (nSPS) is 19.6. The van der Waals surface area contributed by atoms with Gasteiger partial charge in [-0.15, -0.1) is 0 Å². The van der Waals surface area contributed by atoms with Crippen molar-refractivity contribution in [2.24, 2.45) is 0 Å². The topological polar surface area (TPSA) is 88.6 Å². The Morgan fingerprint density at radius 2 is 2.32 bits per heavy atom. The molecule has 0 saturated carbocycles. The minimum atomic E-state index is -3.01. The number of aromatic nitrogens is 1. The summed E-state index contributed by atoms with van der Waals surface area (Å²) in [6.45, 7) is 2.65. The third-order valence-electron chi connectivity index (χ3n) is 3.64. The molecular weight excluding hydrogens is 306 g/mol. The average Bonchev–Trinajstić information content (AvgIpc) is 2.85. The van der Waals surface area contributed by atoms with Crippen molar-refractivity contribution < 1.29 is 17.9 Å². The van der Waals surface area contributed by atoms with Crippen LogP contribution in [0.25, 0.3) is 0 Å². The van der Waals surface area contributed by atoms with E-state index in [2.05, 4.69) is 10.3 Å². The number of carbonyl (C=O) groups excluding carboxylic acids is 1. The van der Waals surface area contributed by atoms with E-state index in [-0.39, 0.29) is 30.1 Å². The number of pyridine rings is 1. The number of urea groups is 1. The lowest BCUT2D eigenvalue weighted by molar-refractivity contribution is 0.194. The zero-order valence-electron chi connectivity index (χ0n) is 12.8. The molecule has 1 aromatic heterocycles. The Kier molecular flexibility index (Phi) is 5.23. The van der Waals surface area contributed by atoms with Crippen LogP contribution in [0.2, 0.25) is 0 Å². The molecule has 122 valence electrons. The maximum atomic E-state index is 12.1. The lowest BCUT2D eigenvalue weighted by atomic mass is 10.2. The van der Waals surface area contributed by atoms with Crippen molar-refractivity contribution in [2.45, 2.75) is 25.9 Å². The van der Waals surface area contributed by atoms with E-state index in [4.69, 9.17) is 4.74 Å². The lowest BCUT2D eigenvalue weighted by Crippen LogP contribution is -2.43. The Morgan fingerprint density at radius 3 is 2.95 bits per heavy atom. The number of sulfone groups is 1. The van der Waals surface area contributed by atoms with Gasteiger partial charge in [-0.1, -0.05) is 6.07 Å². The minimum absolute atomic E-state index is 0.0357. The van der Waals surface area contributed by atoms with Crippen LogP contribution in [0, 0.1) is 0 Å². The quantitative estimate of drug-likeness (QED) is 0.864. The molecule has 1 N–H and O–H groups in total. The van der Waals surface area contributed by atoms with E-state index in [1.54, 1.807) is 19.3 Å². The van der Waals surface area contributed by atoms with Crippen molar-refractivity contribution in [3.63, 3.8) is 0 Å².